The zero-order valence-electron chi connectivity index (χ0n) is 17.0. The summed E-state index contributed by atoms with van der Waals surface area (Å²) in [5, 5.41) is 1.16. The number of esters is 1. The minimum absolute atomic E-state index is 0.200. The van der Waals surface area contributed by atoms with E-state index in [1.165, 1.54) is 5.56 Å². The molecule has 0 spiro atoms. The molecular weight excluding hydrogens is 336 g/mol. The van der Waals surface area contributed by atoms with Gasteiger partial charge in [0.2, 0.25) is 0 Å². The van der Waals surface area contributed by atoms with Crippen LogP contribution in [0.3, 0.4) is 0 Å². The zero-order valence-corrected chi connectivity index (χ0v) is 17.0. The molecule has 0 unspecified atom stereocenters. The average Bonchev–Trinajstić information content (AvgIpc) is 2.91. The molecule has 1 N–H and O–H groups in total. The molecule has 0 radical (unpaired) electrons. The highest BCUT2D eigenvalue weighted by Crippen LogP contribution is 2.36. The predicted molar refractivity (Wildman–Crippen MR) is 110 cm³/mol. The Morgan fingerprint density at radius 3 is 2.56 bits per heavy atom. The van der Waals surface area contributed by atoms with Crippen LogP contribution in [0.1, 0.15) is 57.4 Å². The van der Waals surface area contributed by atoms with E-state index in [1.54, 1.807) is 0 Å². The number of carbonyl (C=O) groups excluding carboxylic acids is 1. The second-order valence-electron chi connectivity index (χ2n) is 8.40. The Hall–Kier alpha value is -2.62. The highest BCUT2D eigenvalue weighted by atomic mass is 16.6. The van der Waals surface area contributed by atoms with Crippen LogP contribution in [-0.2, 0) is 16.0 Å². The summed E-state index contributed by atoms with van der Waals surface area (Å²) in [4.78, 5) is 20.1. The lowest BCUT2D eigenvalue weighted by atomic mass is 9.95. The first-order valence-electron chi connectivity index (χ1n) is 9.43. The number of pyridine rings is 1. The molecule has 0 aliphatic carbocycles. The molecule has 1 aromatic carbocycles. The minimum atomic E-state index is -0.468. The van der Waals surface area contributed by atoms with E-state index in [0.29, 0.717) is 5.92 Å². The second kappa shape index (κ2) is 7.18. The van der Waals surface area contributed by atoms with Crippen molar-refractivity contribution in [2.24, 2.45) is 0 Å². The van der Waals surface area contributed by atoms with Crippen molar-refractivity contribution < 1.29 is 9.53 Å². The summed E-state index contributed by atoms with van der Waals surface area (Å²) < 4.78 is 5.47. The van der Waals surface area contributed by atoms with E-state index in [-0.39, 0.29) is 12.4 Å². The molecule has 0 fully saturated rings. The summed E-state index contributed by atoms with van der Waals surface area (Å²) in [6.45, 7) is 12.1. The van der Waals surface area contributed by atoms with E-state index in [9.17, 15) is 4.79 Å². The Bertz CT molecular complexity index is 978. The van der Waals surface area contributed by atoms with Crippen LogP contribution in [0.2, 0.25) is 0 Å². The molecule has 142 valence electrons. The molecule has 4 nitrogen and oxygen atoms in total. The maximum Gasteiger partial charge on any atom is 0.310 e. The van der Waals surface area contributed by atoms with Crippen LogP contribution in [0.25, 0.3) is 22.2 Å². The number of carbonyl (C=O) groups is 1. The number of H-pyrrole nitrogens is 1. The van der Waals surface area contributed by atoms with Crippen molar-refractivity contribution >= 4 is 16.9 Å². The summed E-state index contributed by atoms with van der Waals surface area (Å²) in [5.74, 6) is 0.146. The van der Waals surface area contributed by atoms with E-state index in [0.717, 1.165) is 33.4 Å². The van der Waals surface area contributed by atoms with E-state index >= 15 is 0 Å². The van der Waals surface area contributed by atoms with Gasteiger partial charge in [-0.1, -0.05) is 19.9 Å². The van der Waals surface area contributed by atoms with Gasteiger partial charge >= 0.3 is 5.97 Å². The number of aromatic nitrogens is 2. The normalized spacial score (nSPS) is 12.0. The van der Waals surface area contributed by atoms with Gasteiger partial charge < -0.3 is 9.72 Å². The lowest BCUT2D eigenvalue weighted by molar-refractivity contribution is -0.153. The number of rotatable bonds is 4. The molecule has 2 aromatic heterocycles. The van der Waals surface area contributed by atoms with Crippen molar-refractivity contribution in [3.63, 3.8) is 0 Å². The number of benzene rings is 1. The molecule has 2 heterocycles. The van der Waals surface area contributed by atoms with Gasteiger partial charge in [-0.05, 0) is 69.0 Å². The lowest BCUT2D eigenvalue weighted by Crippen LogP contribution is -2.24. The Labute approximate surface area is 161 Å². The van der Waals surface area contributed by atoms with E-state index in [1.807, 2.05) is 46.0 Å². The second-order valence-corrected chi connectivity index (χ2v) is 8.40. The van der Waals surface area contributed by atoms with Gasteiger partial charge in [0.05, 0.1) is 12.1 Å². The fourth-order valence-corrected chi connectivity index (χ4v) is 3.44. The summed E-state index contributed by atoms with van der Waals surface area (Å²) in [6.07, 6.45) is 2.12. The van der Waals surface area contributed by atoms with Crippen molar-refractivity contribution in [3.05, 3.63) is 53.3 Å². The molecule has 27 heavy (non-hydrogen) atoms. The topological polar surface area (TPSA) is 55.0 Å². The van der Waals surface area contributed by atoms with Crippen molar-refractivity contribution in [3.8, 4) is 11.3 Å². The van der Waals surface area contributed by atoms with Crippen LogP contribution in [0.4, 0.5) is 0 Å². The number of hydrogen-bond acceptors (Lipinski definition) is 3. The van der Waals surface area contributed by atoms with Gasteiger partial charge in [-0.2, -0.15) is 0 Å². The average molecular weight is 364 g/mol. The quantitative estimate of drug-likeness (QED) is 0.618. The molecule has 0 amide bonds. The molecule has 0 bridgehead atoms. The summed E-state index contributed by atoms with van der Waals surface area (Å²) in [5.41, 5.74) is 6.10. The van der Waals surface area contributed by atoms with Gasteiger partial charge in [0.15, 0.2) is 0 Å². The van der Waals surface area contributed by atoms with Gasteiger partial charge in [-0.25, -0.2) is 0 Å². The van der Waals surface area contributed by atoms with E-state index in [2.05, 4.69) is 42.0 Å². The van der Waals surface area contributed by atoms with Crippen molar-refractivity contribution in [2.75, 3.05) is 0 Å². The van der Waals surface area contributed by atoms with E-state index < -0.39 is 5.60 Å². The SMILES string of the molecule is Cc1cc(-c2[nH]c3ccc(CC(=O)OC(C)(C)C)cc3c2C(C)C)ccn1. The third kappa shape index (κ3) is 4.38. The maximum atomic E-state index is 12.2. The summed E-state index contributed by atoms with van der Waals surface area (Å²) in [6, 6.07) is 10.3. The molecule has 0 saturated heterocycles. The van der Waals surface area contributed by atoms with Crippen LogP contribution in [0, 0.1) is 6.92 Å². The fourth-order valence-electron chi connectivity index (χ4n) is 3.44. The predicted octanol–water partition coefficient (Wildman–Crippen LogP) is 5.55. The minimum Gasteiger partial charge on any atom is -0.460 e. The smallest absolute Gasteiger partial charge is 0.310 e. The number of hydrogen-bond donors (Lipinski definition) is 1. The molecule has 4 heteroatoms. The maximum absolute atomic E-state index is 12.2. The molecule has 3 rings (SSSR count). The number of ether oxygens (including phenoxy) is 1. The van der Waals surface area contributed by atoms with Gasteiger partial charge in [0.1, 0.15) is 5.60 Å². The number of fused-ring (bicyclic) bond motifs is 1. The molecule has 0 atom stereocenters. The zero-order chi connectivity index (χ0) is 19.8. The fraction of sp³-hybridized carbons (Fsp3) is 0.391. The van der Waals surface area contributed by atoms with Crippen molar-refractivity contribution in [2.45, 2.75) is 59.5 Å². The van der Waals surface area contributed by atoms with Gasteiger partial charge in [-0.15, -0.1) is 0 Å². The largest absolute Gasteiger partial charge is 0.460 e. The van der Waals surface area contributed by atoms with Crippen LogP contribution < -0.4 is 0 Å². The number of nitrogens with zero attached hydrogens (tertiary/aromatic N) is 1. The monoisotopic (exact) mass is 364 g/mol. The molecule has 0 aliphatic heterocycles. The third-order valence-corrected chi connectivity index (χ3v) is 4.43. The standard InChI is InChI=1S/C23H28N2O2/c1-14(2)21-18-12-16(13-20(26)27-23(4,5)6)7-8-19(18)25-22(21)17-9-10-24-15(3)11-17/h7-12,14,25H,13H2,1-6H3. The third-order valence-electron chi connectivity index (χ3n) is 4.43. The van der Waals surface area contributed by atoms with Gasteiger partial charge in [0, 0.05) is 28.4 Å². The Morgan fingerprint density at radius 1 is 1.19 bits per heavy atom. The van der Waals surface area contributed by atoms with Gasteiger partial charge in [0.25, 0.3) is 0 Å². The van der Waals surface area contributed by atoms with E-state index in [4.69, 9.17) is 4.74 Å². The number of nitrogens with one attached hydrogen (secondary N) is 1. The number of aromatic amines is 1. The van der Waals surface area contributed by atoms with Crippen LogP contribution in [-0.4, -0.2) is 21.5 Å². The first-order chi connectivity index (χ1) is 12.6. The Morgan fingerprint density at radius 2 is 1.93 bits per heavy atom. The summed E-state index contributed by atoms with van der Waals surface area (Å²) in [7, 11) is 0. The molecule has 0 aliphatic rings. The lowest BCUT2D eigenvalue weighted by Gasteiger charge is -2.19. The Kier molecular flexibility index (Phi) is 5.09. The Balaban J connectivity index is 2.03. The number of aryl methyl sites for hydroxylation is 1. The molecular formula is C23H28N2O2. The van der Waals surface area contributed by atoms with Gasteiger partial charge in [-0.3, -0.25) is 9.78 Å². The molecule has 0 saturated carbocycles. The van der Waals surface area contributed by atoms with Crippen LogP contribution in [0.5, 0.6) is 0 Å². The van der Waals surface area contributed by atoms with Crippen molar-refractivity contribution in [1.29, 1.82) is 0 Å². The van der Waals surface area contributed by atoms with Crippen LogP contribution >= 0.6 is 0 Å². The molecule has 3 aromatic rings. The summed E-state index contributed by atoms with van der Waals surface area (Å²) >= 11 is 0. The van der Waals surface area contributed by atoms with Crippen molar-refractivity contribution in [1.82, 2.24) is 9.97 Å². The highest BCUT2D eigenvalue weighted by Gasteiger charge is 2.19. The van der Waals surface area contributed by atoms with Crippen LogP contribution in [0.15, 0.2) is 36.5 Å². The first kappa shape index (κ1) is 19.2. The first-order valence-corrected chi connectivity index (χ1v) is 9.43. The highest BCUT2D eigenvalue weighted by molar-refractivity contribution is 5.92.